The number of pyridine rings is 2. The van der Waals surface area contributed by atoms with Crippen molar-refractivity contribution in [3.8, 4) is 17.3 Å². The average Bonchev–Trinajstić information content (AvgIpc) is 3.46. The van der Waals surface area contributed by atoms with Gasteiger partial charge in [0.1, 0.15) is 28.9 Å². The highest BCUT2D eigenvalue weighted by Gasteiger charge is 2.59. The van der Waals surface area contributed by atoms with Gasteiger partial charge in [-0.15, -0.1) is 0 Å². The van der Waals surface area contributed by atoms with E-state index in [1.807, 2.05) is 17.6 Å². The number of fused-ring (bicyclic) bond motifs is 2. The van der Waals surface area contributed by atoms with Gasteiger partial charge in [0.25, 0.3) is 5.91 Å². The molecule has 0 spiro atoms. The molecule has 2 amide bonds. The van der Waals surface area contributed by atoms with Crippen molar-refractivity contribution in [1.82, 2.24) is 29.2 Å². The van der Waals surface area contributed by atoms with Gasteiger partial charge in [-0.3, -0.25) is 9.20 Å². The number of ether oxygens (including phenoxy) is 2. The predicted octanol–water partition coefficient (Wildman–Crippen LogP) is 3.39. The Morgan fingerprint density at radius 3 is 2.67 bits per heavy atom. The van der Waals surface area contributed by atoms with E-state index in [9.17, 15) is 26.8 Å². The maximum absolute atomic E-state index is 13.9. The number of alkyl halides is 2. The Kier molecular flexibility index (Phi) is 6.31. The number of alkyl carbamates (subject to hydrolysis) is 1. The monoisotopic (exact) mass is 655 g/mol. The second kappa shape index (κ2) is 10.0. The summed E-state index contributed by atoms with van der Waals surface area (Å²) in [5.41, 5.74) is 3.22. The number of sulfonamides is 1. The maximum Gasteiger partial charge on any atom is 0.407 e. The summed E-state index contributed by atoms with van der Waals surface area (Å²) >= 11 is 0. The van der Waals surface area contributed by atoms with Crippen molar-refractivity contribution in [2.75, 3.05) is 24.2 Å². The van der Waals surface area contributed by atoms with Crippen molar-refractivity contribution in [2.24, 2.45) is 11.8 Å². The summed E-state index contributed by atoms with van der Waals surface area (Å²) in [6, 6.07) is 7.73. The molecule has 4 bridgehead atoms. The van der Waals surface area contributed by atoms with E-state index in [1.165, 1.54) is 13.2 Å². The maximum atomic E-state index is 13.9. The molecule has 1 N–H and O–H groups in total. The predicted molar refractivity (Wildman–Crippen MR) is 161 cm³/mol. The Labute approximate surface area is 262 Å². The van der Waals surface area contributed by atoms with Crippen LogP contribution in [0.25, 0.3) is 28.1 Å². The van der Waals surface area contributed by atoms with Crippen LogP contribution in [0.5, 0.6) is 5.88 Å². The molecule has 13 nitrogen and oxygen atoms in total. The Hall–Kier alpha value is -4.47. The van der Waals surface area contributed by atoms with Crippen LogP contribution in [-0.2, 0) is 21.3 Å². The number of anilines is 1. The number of likely N-dealkylation sites (tertiary alicyclic amines) is 1. The van der Waals surface area contributed by atoms with Gasteiger partial charge in [0.05, 0.1) is 36.8 Å². The zero-order chi connectivity index (χ0) is 32.2. The normalized spacial score (nSPS) is 23.8. The standard InChI is InChI=1S/C30H31F2N7O6S/c1-14-24(19-8-16-6-7-21(39(29(31)32)46(3,42)43)34-27(16)36(19)12-15-4-5-15)33-22-10-17(11-23(44-2)38(14)22)28(40)37-13-18-9-20-26(37)25(18)35-30(41)45-20/h6-8,10-11,15,18,20,25-26,29H,4-5,9,12-13H2,1-3H3,(H,35,41). The number of halogens is 2. The van der Waals surface area contributed by atoms with Crippen molar-refractivity contribution >= 4 is 44.5 Å². The number of carbonyl (C=O) groups excluding carboxylic acids is 2. The molecule has 4 aliphatic rings. The number of hydrogen-bond donors (Lipinski definition) is 1. The molecule has 242 valence electrons. The number of methoxy groups -OCH3 is 1. The number of aromatic nitrogens is 4. The minimum Gasteiger partial charge on any atom is -0.482 e. The zero-order valence-corrected chi connectivity index (χ0v) is 26.0. The van der Waals surface area contributed by atoms with Gasteiger partial charge in [0.15, 0.2) is 5.88 Å². The van der Waals surface area contributed by atoms with E-state index in [2.05, 4.69) is 10.3 Å². The molecule has 4 aromatic heterocycles. The van der Waals surface area contributed by atoms with Crippen molar-refractivity contribution in [3.05, 3.63) is 41.6 Å². The van der Waals surface area contributed by atoms with Crippen LogP contribution < -0.4 is 14.4 Å². The molecule has 8 rings (SSSR count). The molecule has 4 fully saturated rings. The topological polar surface area (TPSA) is 140 Å². The van der Waals surface area contributed by atoms with Gasteiger partial charge in [-0.2, -0.15) is 13.1 Å². The number of piperidine rings is 1. The summed E-state index contributed by atoms with van der Waals surface area (Å²) in [4.78, 5) is 36.9. The van der Waals surface area contributed by atoms with E-state index in [-0.39, 0.29) is 40.1 Å². The number of hydrogen-bond acceptors (Lipinski definition) is 8. The summed E-state index contributed by atoms with van der Waals surface area (Å²) in [6.07, 6.45) is 2.67. The first-order valence-electron chi connectivity index (χ1n) is 15.1. The molecular weight excluding hydrogens is 624 g/mol. The molecule has 2 aliphatic heterocycles. The third-order valence-electron chi connectivity index (χ3n) is 9.63. The highest BCUT2D eigenvalue weighted by molar-refractivity contribution is 7.92. The molecule has 0 radical (unpaired) electrons. The van der Waals surface area contributed by atoms with Crippen molar-refractivity contribution in [1.29, 1.82) is 0 Å². The number of nitrogens with one attached hydrogen (secondary N) is 1. The van der Waals surface area contributed by atoms with Gasteiger partial charge in [-0.1, -0.05) is 0 Å². The Balaban J connectivity index is 1.22. The average molecular weight is 656 g/mol. The number of nitrogens with zero attached hydrogens (tertiary/aromatic N) is 6. The molecule has 4 aromatic rings. The molecule has 0 aromatic carbocycles. The van der Waals surface area contributed by atoms with E-state index in [0.717, 1.165) is 31.2 Å². The van der Waals surface area contributed by atoms with E-state index >= 15 is 0 Å². The lowest BCUT2D eigenvalue weighted by molar-refractivity contribution is 0.0145. The number of rotatable bonds is 8. The first-order valence-corrected chi connectivity index (χ1v) is 16.9. The lowest BCUT2D eigenvalue weighted by atomic mass is 10.1. The van der Waals surface area contributed by atoms with Gasteiger partial charge in [-0.05, 0) is 56.4 Å². The highest BCUT2D eigenvalue weighted by Crippen LogP contribution is 2.43. The zero-order valence-electron chi connectivity index (χ0n) is 25.2. The Bertz CT molecular complexity index is 2060. The van der Waals surface area contributed by atoms with Gasteiger partial charge in [-0.25, -0.2) is 23.2 Å². The second-order valence-corrected chi connectivity index (χ2v) is 14.4. The number of amides is 2. The van der Waals surface area contributed by atoms with Crippen molar-refractivity contribution < 1.29 is 36.3 Å². The highest BCUT2D eigenvalue weighted by atomic mass is 32.2. The SMILES string of the molecule is COc1cc(C(=O)N2CC3CC4OC(=O)NC3C42)cc2nc(-c3cc4ccc(N(C(F)F)S(C)(=O)=O)nc4n3CC3CC3)c(C)n12. The van der Waals surface area contributed by atoms with E-state index < -0.39 is 22.7 Å². The number of imidazole rings is 1. The van der Waals surface area contributed by atoms with Gasteiger partial charge in [0.2, 0.25) is 10.0 Å². The van der Waals surface area contributed by atoms with Crippen LogP contribution in [0.2, 0.25) is 0 Å². The summed E-state index contributed by atoms with van der Waals surface area (Å²) in [5.74, 6) is 0.314. The molecule has 2 aliphatic carbocycles. The lowest BCUT2D eigenvalue weighted by Gasteiger charge is -2.35. The number of carbonyl (C=O) groups is 2. The van der Waals surface area contributed by atoms with Crippen LogP contribution in [0, 0.1) is 18.8 Å². The van der Waals surface area contributed by atoms with Crippen LogP contribution in [0.3, 0.4) is 0 Å². The van der Waals surface area contributed by atoms with Crippen LogP contribution in [-0.4, -0.2) is 88.9 Å². The molecule has 4 atom stereocenters. The summed E-state index contributed by atoms with van der Waals surface area (Å²) in [7, 11) is -2.77. The van der Waals surface area contributed by atoms with Gasteiger partial charge < -0.3 is 24.3 Å². The third kappa shape index (κ3) is 4.40. The minimum absolute atomic E-state index is 0.0134. The fourth-order valence-electron chi connectivity index (χ4n) is 7.45. The van der Waals surface area contributed by atoms with Crippen molar-refractivity contribution in [3.63, 3.8) is 0 Å². The Morgan fingerprint density at radius 2 is 2.00 bits per heavy atom. The first-order chi connectivity index (χ1) is 21.9. The second-order valence-electron chi connectivity index (χ2n) is 12.6. The molecule has 2 saturated heterocycles. The van der Waals surface area contributed by atoms with Crippen LogP contribution >= 0.6 is 0 Å². The van der Waals surface area contributed by atoms with E-state index in [1.54, 1.807) is 27.5 Å². The first kappa shape index (κ1) is 29.0. The van der Waals surface area contributed by atoms with Gasteiger partial charge >= 0.3 is 12.6 Å². The van der Waals surface area contributed by atoms with Crippen LogP contribution in [0.1, 0.15) is 35.3 Å². The Morgan fingerprint density at radius 1 is 1.22 bits per heavy atom. The smallest absolute Gasteiger partial charge is 0.407 e. The molecule has 2 saturated carbocycles. The van der Waals surface area contributed by atoms with E-state index in [4.69, 9.17) is 14.5 Å². The van der Waals surface area contributed by atoms with E-state index in [0.29, 0.717) is 58.5 Å². The molecular formula is C30H31F2N7O6S. The summed E-state index contributed by atoms with van der Waals surface area (Å²) in [5, 5.41) is 3.51. The van der Waals surface area contributed by atoms with Crippen molar-refractivity contribution in [2.45, 2.75) is 57.5 Å². The summed E-state index contributed by atoms with van der Waals surface area (Å²) < 4.78 is 67.0. The van der Waals surface area contributed by atoms with Gasteiger partial charge in [0, 0.05) is 36.0 Å². The largest absolute Gasteiger partial charge is 0.482 e. The fourth-order valence-corrected chi connectivity index (χ4v) is 8.18. The fraction of sp³-hybridized carbons (Fsp3) is 0.467. The molecule has 4 unspecified atom stereocenters. The number of aryl methyl sites for hydroxylation is 1. The van der Waals surface area contributed by atoms with Crippen LogP contribution in [0.4, 0.5) is 19.4 Å². The minimum atomic E-state index is -4.29. The third-order valence-corrected chi connectivity index (χ3v) is 10.7. The molecule has 16 heteroatoms. The summed E-state index contributed by atoms with van der Waals surface area (Å²) in [6.45, 7) is -0.354. The van der Waals surface area contributed by atoms with Crippen LogP contribution in [0.15, 0.2) is 30.3 Å². The lowest BCUT2D eigenvalue weighted by Crippen LogP contribution is -2.56. The molecule has 46 heavy (non-hydrogen) atoms. The quantitative estimate of drug-likeness (QED) is 0.285. The molecule has 6 heterocycles.